The fourth-order valence-corrected chi connectivity index (χ4v) is 4.73. The van der Waals surface area contributed by atoms with Gasteiger partial charge in [-0.05, 0) is 48.1 Å². The van der Waals surface area contributed by atoms with Gasteiger partial charge in [-0.2, -0.15) is 0 Å². The molecule has 3 aromatic rings. The number of aromatic amines is 1. The van der Waals surface area contributed by atoms with Gasteiger partial charge in [0, 0.05) is 29.9 Å². The van der Waals surface area contributed by atoms with Crippen LogP contribution in [0.15, 0.2) is 54.7 Å². The fourth-order valence-electron chi connectivity index (χ4n) is 4.73. The van der Waals surface area contributed by atoms with Crippen LogP contribution in [0.25, 0.3) is 10.9 Å². The fraction of sp³-hybridized carbons (Fsp3) is 0.387. The summed E-state index contributed by atoms with van der Waals surface area (Å²) in [5.74, 6) is -5.17. The number of fused-ring (bicyclic) bond motifs is 1. The molecular formula is C31H39N5O8. The van der Waals surface area contributed by atoms with Crippen molar-refractivity contribution < 1.29 is 39.3 Å². The first-order chi connectivity index (χ1) is 20.9. The van der Waals surface area contributed by atoms with Gasteiger partial charge in [0.05, 0.1) is 6.04 Å². The Morgan fingerprint density at radius 1 is 0.864 bits per heavy atom. The maximum absolute atomic E-state index is 13.5. The summed E-state index contributed by atoms with van der Waals surface area (Å²) in [5, 5.41) is 37.0. The highest BCUT2D eigenvalue weighted by Gasteiger charge is 2.32. The Bertz CT molecular complexity index is 1470. The number of carbonyl (C=O) groups excluding carboxylic acids is 3. The third-order valence-corrected chi connectivity index (χ3v) is 7.52. The van der Waals surface area contributed by atoms with Gasteiger partial charge in [-0.3, -0.25) is 19.2 Å². The highest BCUT2D eigenvalue weighted by atomic mass is 16.4. The lowest BCUT2D eigenvalue weighted by atomic mass is 9.98. The van der Waals surface area contributed by atoms with E-state index in [1.165, 1.54) is 12.1 Å². The Hall–Kier alpha value is -4.91. The van der Waals surface area contributed by atoms with E-state index in [0.29, 0.717) is 12.0 Å². The number of hydrogen-bond acceptors (Lipinski definition) is 7. The zero-order valence-corrected chi connectivity index (χ0v) is 24.6. The number of carboxylic acids is 2. The first kappa shape index (κ1) is 33.6. The summed E-state index contributed by atoms with van der Waals surface area (Å²) in [6, 6.07) is 8.41. The summed E-state index contributed by atoms with van der Waals surface area (Å²) in [5.41, 5.74) is 8.38. The third-order valence-electron chi connectivity index (χ3n) is 7.52. The van der Waals surface area contributed by atoms with Crippen molar-refractivity contribution in [3.05, 3.63) is 65.9 Å². The van der Waals surface area contributed by atoms with Crippen molar-refractivity contribution in [2.24, 2.45) is 11.7 Å². The Labute approximate surface area is 254 Å². The van der Waals surface area contributed by atoms with Gasteiger partial charge < -0.3 is 42.0 Å². The predicted octanol–water partition coefficient (Wildman–Crippen LogP) is 1.44. The lowest BCUT2D eigenvalue weighted by Crippen LogP contribution is -2.58. The second-order valence-corrected chi connectivity index (χ2v) is 10.8. The molecule has 0 aliphatic carbocycles. The number of aromatic hydroxyl groups is 1. The number of H-pyrrole nitrogens is 1. The van der Waals surface area contributed by atoms with Crippen LogP contribution in [0.4, 0.5) is 0 Å². The highest BCUT2D eigenvalue weighted by Crippen LogP contribution is 2.19. The van der Waals surface area contributed by atoms with Crippen molar-refractivity contribution in [2.45, 2.75) is 70.1 Å². The smallest absolute Gasteiger partial charge is 0.326 e. The third kappa shape index (κ3) is 9.30. The zero-order chi connectivity index (χ0) is 32.4. The van der Waals surface area contributed by atoms with Crippen LogP contribution in [0.1, 0.15) is 44.2 Å². The number of aliphatic carboxylic acids is 2. The van der Waals surface area contributed by atoms with Crippen LogP contribution in [0.2, 0.25) is 0 Å². The standard InChI is InChI=1S/C31H39N5O8/c1-3-17(2)27(31(43)44)36-30(42)25(14-18-8-10-20(37)11-9-18)35-29(41)24(12-13-26(38)39)34-28(40)22(32)15-19-16-33-23-7-5-4-6-21(19)23/h4-11,16-17,22,24-25,27,33,37H,3,12-15,32H2,1-2H3,(H,34,40)(H,35,41)(H,36,42)(H,38,39)(H,43,44). The summed E-state index contributed by atoms with van der Waals surface area (Å²) in [6.45, 7) is 3.45. The topological polar surface area (TPSA) is 224 Å². The van der Waals surface area contributed by atoms with Gasteiger partial charge in [0.25, 0.3) is 0 Å². The van der Waals surface area contributed by atoms with Crippen LogP contribution in [-0.4, -0.2) is 74.1 Å². The molecule has 1 heterocycles. The van der Waals surface area contributed by atoms with E-state index in [4.69, 9.17) is 5.73 Å². The molecule has 1 aromatic heterocycles. The molecule has 0 saturated carbocycles. The molecule has 0 aliphatic rings. The van der Waals surface area contributed by atoms with Gasteiger partial charge in [-0.15, -0.1) is 0 Å². The van der Waals surface area contributed by atoms with E-state index in [1.807, 2.05) is 24.3 Å². The predicted molar refractivity (Wildman–Crippen MR) is 162 cm³/mol. The molecule has 0 fully saturated rings. The van der Waals surface area contributed by atoms with Gasteiger partial charge in [0.15, 0.2) is 0 Å². The minimum Gasteiger partial charge on any atom is -0.508 e. The first-order valence-corrected chi connectivity index (χ1v) is 14.3. The van der Waals surface area contributed by atoms with Gasteiger partial charge in [-0.25, -0.2) is 4.79 Å². The van der Waals surface area contributed by atoms with E-state index in [1.54, 1.807) is 32.2 Å². The molecule has 0 spiro atoms. The van der Waals surface area contributed by atoms with Crippen molar-refractivity contribution in [3.8, 4) is 5.75 Å². The molecule has 5 atom stereocenters. The summed E-state index contributed by atoms with van der Waals surface area (Å²) >= 11 is 0. The van der Waals surface area contributed by atoms with Crippen molar-refractivity contribution in [1.29, 1.82) is 0 Å². The van der Waals surface area contributed by atoms with Gasteiger partial charge in [-0.1, -0.05) is 50.6 Å². The van der Waals surface area contributed by atoms with E-state index in [-0.39, 0.29) is 25.0 Å². The molecule has 0 bridgehead atoms. The lowest BCUT2D eigenvalue weighted by molar-refractivity contribution is -0.143. The van der Waals surface area contributed by atoms with E-state index in [9.17, 15) is 39.3 Å². The quantitative estimate of drug-likeness (QED) is 0.117. The van der Waals surface area contributed by atoms with Crippen molar-refractivity contribution in [2.75, 3.05) is 0 Å². The molecule has 44 heavy (non-hydrogen) atoms. The zero-order valence-electron chi connectivity index (χ0n) is 24.6. The minimum atomic E-state index is -1.35. The Morgan fingerprint density at radius 3 is 2.14 bits per heavy atom. The number of rotatable bonds is 16. The molecule has 0 saturated heterocycles. The monoisotopic (exact) mass is 609 g/mol. The largest absolute Gasteiger partial charge is 0.508 e. The van der Waals surface area contributed by atoms with Crippen molar-refractivity contribution in [3.63, 3.8) is 0 Å². The SMILES string of the molecule is CCC(C)C(NC(=O)C(Cc1ccc(O)cc1)NC(=O)C(CCC(=O)O)NC(=O)C(N)Cc1c[nH]c2ccccc12)C(=O)O. The van der Waals surface area contributed by atoms with Gasteiger partial charge in [0.1, 0.15) is 23.9 Å². The molecular weight excluding hydrogens is 570 g/mol. The van der Waals surface area contributed by atoms with E-state index < -0.39 is 66.2 Å². The second-order valence-electron chi connectivity index (χ2n) is 10.8. The van der Waals surface area contributed by atoms with Gasteiger partial charge in [0.2, 0.25) is 17.7 Å². The Kier molecular flexibility index (Phi) is 11.9. The van der Waals surface area contributed by atoms with Gasteiger partial charge >= 0.3 is 11.9 Å². The number of carbonyl (C=O) groups is 5. The molecule has 9 N–H and O–H groups in total. The van der Waals surface area contributed by atoms with Crippen molar-refractivity contribution in [1.82, 2.24) is 20.9 Å². The minimum absolute atomic E-state index is 0.0121. The summed E-state index contributed by atoms with van der Waals surface area (Å²) < 4.78 is 0. The average molecular weight is 610 g/mol. The molecule has 236 valence electrons. The molecule has 0 aliphatic heterocycles. The highest BCUT2D eigenvalue weighted by molar-refractivity contribution is 5.94. The number of para-hydroxylation sites is 1. The van der Waals surface area contributed by atoms with Crippen LogP contribution in [0, 0.1) is 5.92 Å². The summed E-state index contributed by atoms with van der Waals surface area (Å²) in [6.07, 6.45) is 1.52. The Morgan fingerprint density at radius 2 is 1.50 bits per heavy atom. The van der Waals surface area contributed by atoms with Crippen LogP contribution < -0.4 is 21.7 Å². The van der Waals surface area contributed by atoms with Crippen LogP contribution >= 0.6 is 0 Å². The number of nitrogens with one attached hydrogen (secondary N) is 4. The number of hydrogen-bond donors (Lipinski definition) is 8. The van der Waals surface area contributed by atoms with Crippen LogP contribution in [0.3, 0.4) is 0 Å². The number of amides is 3. The van der Waals surface area contributed by atoms with Crippen LogP contribution in [0.5, 0.6) is 5.75 Å². The molecule has 2 aromatic carbocycles. The molecule has 13 heteroatoms. The number of benzene rings is 2. The summed E-state index contributed by atoms with van der Waals surface area (Å²) in [4.78, 5) is 66.2. The van der Waals surface area contributed by atoms with E-state index >= 15 is 0 Å². The van der Waals surface area contributed by atoms with Crippen molar-refractivity contribution >= 4 is 40.6 Å². The first-order valence-electron chi connectivity index (χ1n) is 14.3. The number of aromatic nitrogens is 1. The maximum Gasteiger partial charge on any atom is 0.326 e. The normalized spacial score (nSPS) is 14.5. The molecule has 3 amide bonds. The molecule has 5 unspecified atom stereocenters. The van der Waals surface area contributed by atoms with Crippen LogP contribution in [-0.2, 0) is 36.8 Å². The summed E-state index contributed by atoms with van der Waals surface area (Å²) in [7, 11) is 0. The Balaban J connectivity index is 1.80. The number of phenols is 1. The number of carboxylic acid groups (broad SMARTS) is 2. The lowest BCUT2D eigenvalue weighted by Gasteiger charge is -2.26. The molecule has 0 radical (unpaired) electrons. The average Bonchev–Trinajstić information content (AvgIpc) is 3.40. The maximum atomic E-state index is 13.5. The molecule has 3 rings (SSSR count). The number of nitrogens with two attached hydrogens (primary N) is 1. The number of phenolic OH excluding ortho intramolecular Hbond substituents is 1. The second kappa shape index (κ2) is 15.5. The van der Waals surface area contributed by atoms with E-state index in [0.717, 1.165) is 16.5 Å². The molecule has 13 nitrogen and oxygen atoms in total. The van der Waals surface area contributed by atoms with E-state index in [2.05, 4.69) is 20.9 Å².